The Labute approximate surface area is 108 Å². The van der Waals surface area contributed by atoms with Gasteiger partial charge in [-0.15, -0.1) is 0 Å². The van der Waals surface area contributed by atoms with Crippen molar-refractivity contribution in [1.29, 1.82) is 0 Å². The standard InChI is InChI=1S/C13H13N3OS/c17-13-16(8-3-7-15-9-6-14-10-15)11-4-1-2-5-12(11)18-13/h1-2,4-6,9-10H,3,7-8H2. The lowest BCUT2D eigenvalue weighted by Crippen LogP contribution is -2.14. The number of thiazole rings is 1. The highest BCUT2D eigenvalue weighted by Crippen LogP contribution is 2.16. The van der Waals surface area contributed by atoms with Gasteiger partial charge in [-0.05, 0) is 18.6 Å². The molecule has 1 aromatic carbocycles. The number of para-hydroxylation sites is 1. The molecular weight excluding hydrogens is 246 g/mol. The van der Waals surface area contributed by atoms with Crippen LogP contribution >= 0.6 is 11.3 Å². The summed E-state index contributed by atoms with van der Waals surface area (Å²) < 4.78 is 4.95. The smallest absolute Gasteiger partial charge is 0.308 e. The molecule has 0 radical (unpaired) electrons. The average Bonchev–Trinajstić information content (AvgIpc) is 2.98. The second kappa shape index (κ2) is 4.78. The number of imidazole rings is 1. The van der Waals surface area contributed by atoms with E-state index in [1.165, 1.54) is 11.3 Å². The molecule has 0 saturated carbocycles. The molecule has 2 aromatic heterocycles. The molecule has 0 aliphatic carbocycles. The fraction of sp³-hybridized carbons (Fsp3) is 0.231. The normalized spacial score (nSPS) is 11.1. The van der Waals surface area contributed by atoms with Crippen LogP contribution in [-0.2, 0) is 13.1 Å². The van der Waals surface area contributed by atoms with Crippen molar-refractivity contribution in [3.05, 3.63) is 52.7 Å². The van der Waals surface area contributed by atoms with E-state index in [1.807, 2.05) is 39.6 Å². The third-order valence-corrected chi connectivity index (χ3v) is 3.89. The summed E-state index contributed by atoms with van der Waals surface area (Å²) in [6.07, 6.45) is 6.44. The monoisotopic (exact) mass is 259 g/mol. The van der Waals surface area contributed by atoms with Crippen molar-refractivity contribution in [1.82, 2.24) is 14.1 Å². The zero-order valence-electron chi connectivity index (χ0n) is 9.82. The fourth-order valence-corrected chi connectivity index (χ4v) is 2.97. The summed E-state index contributed by atoms with van der Waals surface area (Å²) in [7, 11) is 0. The molecule has 0 bridgehead atoms. The molecule has 0 spiro atoms. The summed E-state index contributed by atoms with van der Waals surface area (Å²) in [5, 5.41) is 0. The van der Waals surface area contributed by atoms with Crippen molar-refractivity contribution in [3.8, 4) is 0 Å². The summed E-state index contributed by atoms with van der Waals surface area (Å²) in [6, 6.07) is 7.94. The molecule has 0 amide bonds. The lowest BCUT2D eigenvalue weighted by molar-refractivity contribution is 0.568. The second-order valence-electron chi connectivity index (χ2n) is 4.14. The van der Waals surface area contributed by atoms with Gasteiger partial charge in [0.25, 0.3) is 0 Å². The van der Waals surface area contributed by atoms with Gasteiger partial charge >= 0.3 is 4.87 Å². The van der Waals surface area contributed by atoms with E-state index in [1.54, 1.807) is 12.5 Å². The van der Waals surface area contributed by atoms with Gasteiger partial charge in [-0.1, -0.05) is 23.5 Å². The minimum Gasteiger partial charge on any atom is -0.337 e. The van der Waals surface area contributed by atoms with Gasteiger partial charge in [-0.25, -0.2) is 4.98 Å². The average molecular weight is 259 g/mol. The molecule has 3 aromatic rings. The van der Waals surface area contributed by atoms with Crippen molar-refractivity contribution in [2.45, 2.75) is 19.5 Å². The van der Waals surface area contributed by atoms with Crippen LogP contribution in [0.3, 0.4) is 0 Å². The van der Waals surface area contributed by atoms with E-state index < -0.39 is 0 Å². The van der Waals surface area contributed by atoms with Gasteiger partial charge in [-0.3, -0.25) is 9.36 Å². The van der Waals surface area contributed by atoms with Crippen LogP contribution in [0.5, 0.6) is 0 Å². The van der Waals surface area contributed by atoms with Crippen LogP contribution < -0.4 is 4.87 Å². The first-order chi connectivity index (χ1) is 8.84. The quantitative estimate of drug-likeness (QED) is 0.721. The number of aromatic nitrogens is 3. The summed E-state index contributed by atoms with van der Waals surface area (Å²) >= 11 is 1.31. The molecule has 0 aliphatic heterocycles. The van der Waals surface area contributed by atoms with E-state index in [-0.39, 0.29) is 4.87 Å². The molecule has 5 heteroatoms. The Balaban J connectivity index is 1.78. The highest BCUT2D eigenvalue weighted by Gasteiger charge is 2.05. The second-order valence-corrected chi connectivity index (χ2v) is 5.13. The zero-order valence-corrected chi connectivity index (χ0v) is 10.6. The maximum absolute atomic E-state index is 11.9. The van der Waals surface area contributed by atoms with Crippen LogP contribution in [0.2, 0.25) is 0 Å². The summed E-state index contributed by atoms with van der Waals surface area (Å²) in [5.41, 5.74) is 1.04. The van der Waals surface area contributed by atoms with Gasteiger partial charge in [0, 0.05) is 25.5 Å². The molecular formula is C13H13N3OS. The van der Waals surface area contributed by atoms with Crippen molar-refractivity contribution in [2.75, 3.05) is 0 Å². The highest BCUT2D eigenvalue weighted by molar-refractivity contribution is 7.16. The molecule has 0 unspecified atom stereocenters. The van der Waals surface area contributed by atoms with Crippen molar-refractivity contribution in [2.24, 2.45) is 0 Å². The van der Waals surface area contributed by atoms with Crippen LogP contribution in [-0.4, -0.2) is 14.1 Å². The number of hydrogen-bond acceptors (Lipinski definition) is 3. The summed E-state index contributed by atoms with van der Waals surface area (Å²) in [5.74, 6) is 0. The molecule has 18 heavy (non-hydrogen) atoms. The first kappa shape index (κ1) is 11.2. The van der Waals surface area contributed by atoms with Crippen LogP contribution in [0.1, 0.15) is 6.42 Å². The molecule has 92 valence electrons. The third kappa shape index (κ3) is 2.09. The van der Waals surface area contributed by atoms with Gasteiger partial charge in [0.05, 0.1) is 16.5 Å². The Morgan fingerprint density at radius 1 is 1.22 bits per heavy atom. The van der Waals surface area contributed by atoms with Gasteiger partial charge in [0.15, 0.2) is 0 Å². The first-order valence-electron chi connectivity index (χ1n) is 5.89. The lowest BCUT2D eigenvalue weighted by Gasteiger charge is -2.04. The Bertz CT molecular complexity index is 696. The summed E-state index contributed by atoms with van der Waals surface area (Å²) in [4.78, 5) is 16.0. The topological polar surface area (TPSA) is 39.8 Å². The highest BCUT2D eigenvalue weighted by atomic mass is 32.1. The molecule has 0 atom stereocenters. The molecule has 3 rings (SSSR count). The van der Waals surface area contributed by atoms with Gasteiger partial charge in [-0.2, -0.15) is 0 Å². The number of aryl methyl sites for hydroxylation is 2. The van der Waals surface area contributed by atoms with Crippen LogP contribution in [0.4, 0.5) is 0 Å². The lowest BCUT2D eigenvalue weighted by atomic mass is 10.3. The molecule has 4 nitrogen and oxygen atoms in total. The Kier molecular flexibility index (Phi) is 2.98. The first-order valence-corrected chi connectivity index (χ1v) is 6.70. The fourth-order valence-electron chi connectivity index (χ4n) is 2.06. The van der Waals surface area contributed by atoms with Gasteiger partial charge in [0.1, 0.15) is 0 Å². The maximum atomic E-state index is 11.9. The number of benzene rings is 1. The van der Waals surface area contributed by atoms with Crippen LogP contribution in [0.25, 0.3) is 10.2 Å². The molecule has 0 aliphatic rings. The molecule has 0 saturated heterocycles. The van der Waals surface area contributed by atoms with E-state index in [2.05, 4.69) is 4.98 Å². The Hall–Kier alpha value is -1.88. The largest absolute Gasteiger partial charge is 0.337 e. The SMILES string of the molecule is O=c1sc2ccccc2n1CCCn1ccnc1. The van der Waals surface area contributed by atoms with Crippen molar-refractivity contribution >= 4 is 21.6 Å². The Morgan fingerprint density at radius 2 is 2.11 bits per heavy atom. The van der Waals surface area contributed by atoms with E-state index >= 15 is 0 Å². The predicted octanol–water partition coefficient (Wildman–Crippen LogP) is 2.35. The van der Waals surface area contributed by atoms with Gasteiger partial charge < -0.3 is 4.57 Å². The van der Waals surface area contributed by atoms with E-state index in [0.29, 0.717) is 0 Å². The number of rotatable bonds is 4. The van der Waals surface area contributed by atoms with Gasteiger partial charge in [0.2, 0.25) is 0 Å². The van der Waals surface area contributed by atoms with E-state index in [4.69, 9.17) is 0 Å². The summed E-state index contributed by atoms with van der Waals surface area (Å²) in [6.45, 7) is 1.64. The van der Waals surface area contributed by atoms with Crippen LogP contribution in [0, 0.1) is 0 Å². The Morgan fingerprint density at radius 3 is 2.94 bits per heavy atom. The van der Waals surface area contributed by atoms with Crippen LogP contribution in [0.15, 0.2) is 47.8 Å². The molecule has 0 N–H and O–H groups in total. The molecule has 2 heterocycles. The maximum Gasteiger partial charge on any atom is 0.308 e. The van der Waals surface area contributed by atoms with E-state index in [9.17, 15) is 4.79 Å². The minimum absolute atomic E-state index is 0.127. The van der Waals surface area contributed by atoms with Crippen molar-refractivity contribution in [3.63, 3.8) is 0 Å². The number of nitrogens with zero attached hydrogens (tertiary/aromatic N) is 3. The number of hydrogen-bond donors (Lipinski definition) is 0. The van der Waals surface area contributed by atoms with E-state index in [0.717, 1.165) is 29.7 Å². The third-order valence-electron chi connectivity index (χ3n) is 2.93. The predicted molar refractivity (Wildman–Crippen MR) is 72.9 cm³/mol. The van der Waals surface area contributed by atoms with Crippen molar-refractivity contribution < 1.29 is 0 Å². The number of fused-ring (bicyclic) bond motifs is 1. The minimum atomic E-state index is 0.127. The molecule has 0 fully saturated rings. The zero-order chi connectivity index (χ0) is 12.4.